The second kappa shape index (κ2) is 11.8. The number of hydrogen-bond acceptors (Lipinski definition) is 5. The Balaban J connectivity index is 1.68. The van der Waals surface area contributed by atoms with Gasteiger partial charge in [0.25, 0.3) is 0 Å². The third-order valence-corrected chi connectivity index (χ3v) is 4.27. The molecule has 7 heteroatoms. The largest absolute Gasteiger partial charge is 0.381 e. The Morgan fingerprint density at radius 1 is 1.41 bits per heavy atom. The first-order chi connectivity index (χ1) is 13.1. The van der Waals surface area contributed by atoms with E-state index in [1.54, 1.807) is 7.05 Å². The molecule has 1 fully saturated rings. The van der Waals surface area contributed by atoms with E-state index in [0.717, 1.165) is 63.2 Å². The van der Waals surface area contributed by atoms with Gasteiger partial charge in [0, 0.05) is 52.6 Å². The molecule has 7 nitrogen and oxygen atoms in total. The first-order valence-electron chi connectivity index (χ1n) is 9.92. The van der Waals surface area contributed by atoms with E-state index in [4.69, 9.17) is 9.47 Å². The number of nitrogens with zero attached hydrogens (tertiary/aromatic N) is 3. The van der Waals surface area contributed by atoms with Crippen molar-refractivity contribution in [3.8, 4) is 0 Å². The molecule has 0 saturated carbocycles. The smallest absolute Gasteiger partial charge is 0.191 e. The number of hydrogen-bond donors (Lipinski definition) is 2. The van der Waals surface area contributed by atoms with Gasteiger partial charge in [-0.2, -0.15) is 0 Å². The molecule has 1 atom stereocenters. The maximum Gasteiger partial charge on any atom is 0.191 e. The van der Waals surface area contributed by atoms with Crippen LogP contribution in [-0.4, -0.2) is 63.6 Å². The monoisotopic (exact) mass is 377 g/mol. The van der Waals surface area contributed by atoms with Crippen LogP contribution in [0.25, 0.3) is 0 Å². The molecular formula is C20H35N5O2. The lowest BCUT2D eigenvalue weighted by Crippen LogP contribution is -2.41. The van der Waals surface area contributed by atoms with Crippen molar-refractivity contribution in [1.82, 2.24) is 15.6 Å². The molecule has 2 N–H and O–H groups in total. The Morgan fingerprint density at radius 2 is 2.26 bits per heavy atom. The number of guanidine groups is 1. The third kappa shape index (κ3) is 8.13. The quantitative estimate of drug-likeness (QED) is 0.390. The highest BCUT2D eigenvalue weighted by Gasteiger charge is 2.17. The number of pyridine rings is 1. The molecule has 1 unspecified atom stereocenters. The molecule has 1 saturated heterocycles. The van der Waals surface area contributed by atoms with E-state index in [-0.39, 0.29) is 6.10 Å². The van der Waals surface area contributed by atoms with Gasteiger partial charge >= 0.3 is 0 Å². The minimum absolute atomic E-state index is 0.257. The van der Waals surface area contributed by atoms with Crippen molar-refractivity contribution in [2.75, 3.05) is 51.4 Å². The number of aromatic nitrogens is 1. The predicted octanol–water partition coefficient (Wildman–Crippen LogP) is 2.03. The molecule has 2 heterocycles. The molecule has 2 rings (SSSR count). The molecule has 152 valence electrons. The molecule has 0 aromatic carbocycles. The van der Waals surface area contributed by atoms with E-state index in [0.29, 0.717) is 12.5 Å². The number of morpholine rings is 1. The van der Waals surface area contributed by atoms with Gasteiger partial charge in [0.05, 0.1) is 12.7 Å². The number of ether oxygens (including phenoxy) is 2. The highest BCUT2D eigenvalue weighted by molar-refractivity contribution is 5.79. The van der Waals surface area contributed by atoms with E-state index < -0.39 is 0 Å². The van der Waals surface area contributed by atoms with Gasteiger partial charge in [-0.15, -0.1) is 0 Å². The number of rotatable bonds is 9. The number of anilines is 1. The molecule has 0 bridgehead atoms. The highest BCUT2D eigenvalue weighted by Crippen LogP contribution is 2.15. The molecule has 1 aromatic heterocycles. The number of aliphatic imine (C=N–C) groups is 1. The van der Waals surface area contributed by atoms with Crippen LogP contribution in [0.1, 0.15) is 32.8 Å². The molecule has 0 radical (unpaired) electrons. The molecule has 0 amide bonds. The van der Waals surface area contributed by atoms with Crippen LogP contribution in [0, 0.1) is 5.92 Å². The first-order valence-corrected chi connectivity index (χ1v) is 9.92. The fourth-order valence-electron chi connectivity index (χ4n) is 2.84. The minimum Gasteiger partial charge on any atom is -0.381 e. The van der Waals surface area contributed by atoms with Crippen LogP contribution < -0.4 is 15.5 Å². The molecule has 1 aliphatic heterocycles. The molecule has 0 aliphatic carbocycles. The standard InChI is InChI=1S/C20H35N5O2/c1-16(2)15-26-10-5-8-22-20(21-4)24-13-18-6-7-19(23-12-18)25-9-11-27-17(3)14-25/h6-7,12,16-17H,5,8-11,13-15H2,1-4H3,(H2,21,22,24). The maximum absolute atomic E-state index is 5.59. The Bertz CT molecular complexity index is 562. The van der Waals surface area contributed by atoms with Crippen molar-refractivity contribution in [2.45, 2.75) is 39.8 Å². The second-order valence-electron chi connectivity index (χ2n) is 7.33. The lowest BCUT2D eigenvalue weighted by molar-refractivity contribution is 0.0529. The van der Waals surface area contributed by atoms with Crippen molar-refractivity contribution in [2.24, 2.45) is 10.9 Å². The average Bonchev–Trinajstić information content (AvgIpc) is 2.67. The van der Waals surface area contributed by atoms with E-state index in [9.17, 15) is 0 Å². The predicted molar refractivity (Wildman–Crippen MR) is 110 cm³/mol. The lowest BCUT2D eigenvalue weighted by Gasteiger charge is -2.32. The van der Waals surface area contributed by atoms with Crippen LogP contribution in [0.2, 0.25) is 0 Å². The molecule has 1 aromatic rings. The van der Waals surface area contributed by atoms with Crippen molar-refractivity contribution < 1.29 is 9.47 Å². The van der Waals surface area contributed by atoms with Crippen LogP contribution in [-0.2, 0) is 16.0 Å². The van der Waals surface area contributed by atoms with Crippen LogP contribution in [0.4, 0.5) is 5.82 Å². The van der Waals surface area contributed by atoms with Crippen molar-refractivity contribution >= 4 is 11.8 Å². The van der Waals surface area contributed by atoms with Gasteiger partial charge < -0.3 is 25.0 Å². The van der Waals surface area contributed by atoms with Crippen molar-refractivity contribution in [1.29, 1.82) is 0 Å². The summed E-state index contributed by atoms with van der Waals surface area (Å²) in [6.07, 6.45) is 3.14. The van der Waals surface area contributed by atoms with E-state index in [2.05, 4.69) is 58.4 Å². The molecule has 0 spiro atoms. The summed E-state index contributed by atoms with van der Waals surface area (Å²) in [7, 11) is 1.78. The summed E-state index contributed by atoms with van der Waals surface area (Å²) in [5.41, 5.74) is 1.13. The van der Waals surface area contributed by atoms with Gasteiger partial charge in [0.15, 0.2) is 5.96 Å². The van der Waals surface area contributed by atoms with E-state index in [1.807, 2.05) is 6.20 Å². The van der Waals surface area contributed by atoms with Gasteiger partial charge in [0.1, 0.15) is 5.82 Å². The molecular weight excluding hydrogens is 342 g/mol. The van der Waals surface area contributed by atoms with Crippen LogP contribution >= 0.6 is 0 Å². The fraction of sp³-hybridized carbons (Fsp3) is 0.700. The normalized spacial score (nSPS) is 18.0. The summed E-state index contributed by atoms with van der Waals surface area (Å²) in [6, 6.07) is 4.19. The topological polar surface area (TPSA) is 71.0 Å². The zero-order valence-electron chi connectivity index (χ0n) is 17.2. The minimum atomic E-state index is 0.257. The van der Waals surface area contributed by atoms with Gasteiger partial charge in [-0.3, -0.25) is 4.99 Å². The summed E-state index contributed by atoms with van der Waals surface area (Å²) in [4.78, 5) is 11.1. The second-order valence-corrected chi connectivity index (χ2v) is 7.33. The van der Waals surface area contributed by atoms with Crippen LogP contribution in [0.15, 0.2) is 23.3 Å². The van der Waals surface area contributed by atoms with E-state index >= 15 is 0 Å². The summed E-state index contributed by atoms with van der Waals surface area (Å²) < 4.78 is 11.2. The van der Waals surface area contributed by atoms with Gasteiger partial charge in [-0.25, -0.2) is 4.98 Å². The number of nitrogens with one attached hydrogen (secondary N) is 2. The van der Waals surface area contributed by atoms with Crippen molar-refractivity contribution in [3.63, 3.8) is 0 Å². The van der Waals surface area contributed by atoms with E-state index in [1.165, 1.54) is 0 Å². The maximum atomic E-state index is 5.59. The summed E-state index contributed by atoms with van der Waals surface area (Å²) >= 11 is 0. The summed E-state index contributed by atoms with van der Waals surface area (Å²) in [5.74, 6) is 2.39. The lowest BCUT2D eigenvalue weighted by atomic mass is 10.2. The Morgan fingerprint density at radius 3 is 2.93 bits per heavy atom. The zero-order valence-corrected chi connectivity index (χ0v) is 17.2. The van der Waals surface area contributed by atoms with Crippen LogP contribution in [0.5, 0.6) is 0 Å². The van der Waals surface area contributed by atoms with Gasteiger partial charge in [0.2, 0.25) is 0 Å². The van der Waals surface area contributed by atoms with Crippen molar-refractivity contribution in [3.05, 3.63) is 23.9 Å². The Hall–Kier alpha value is -1.86. The Kier molecular flexibility index (Phi) is 9.35. The first kappa shape index (κ1) is 21.4. The van der Waals surface area contributed by atoms with Gasteiger partial charge in [-0.05, 0) is 30.9 Å². The average molecular weight is 378 g/mol. The SMILES string of the molecule is CN=C(NCCCOCC(C)C)NCc1ccc(N2CCOC(C)C2)nc1. The summed E-state index contributed by atoms with van der Waals surface area (Å²) in [6.45, 7) is 12.1. The Labute approximate surface area is 163 Å². The highest BCUT2D eigenvalue weighted by atomic mass is 16.5. The fourth-order valence-corrected chi connectivity index (χ4v) is 2.84. The zero-order chi connectivity index (χ0) is 19.5. The van der Waals surface area contributed by atoms with Crippen LogP contribution in [0.3, 0.4) is 0 Å². The molecule has 27 heavy (non-hydrogen) atoms. The molecule has 1 aliphatic rings. The summed E-state index contributed by atoms with van der Waals surface area (Å²) in [5, 5.41) is 6.64. The van der Waals surface area contributed by atoms with Gasteiger partial charge in [-0.1, -0.05) is 19.9 Å². The third-order valence-electron chi connectivity index (χ3n) is 4.27.